The third kappa shape index (κ3) is 2.69. The molecule has 20 heavy (non-hydrogen) atoms. The highest BCUT2D eigenvalue weighted by molar-refractivity contribution is 9.10. The van der Waals surface area contributed by atoms with Gasteiger partial charge in [0.2, 0.25) is 5.91 Å². The zero-order valence-corrected chi connectivity index (χ0v) is 13.1. The minimum atomic E-state index is 0.0797. The molecule has 0 aromatic heterocycles. The smallest absolute Gasteiger partial charge is 0.224 e. The van der Waals surface area contributed by atoms with Crippen molar-refractivity contribution in [1.29, 1.82) is 0 Å². The van der Waals surface area contributed by atoms with E-state index < -0.39 is 0 Å². The van der Waals surface area contributed by atoms with Crippen molar-refractivity contribution in [2.45, 2.75) is 19.9 Å². The van der Waals surface area contributed by atoms with Gasteiger partial charge in [0.05, 0.1) is 12.5 Å². The van der Waals surface area contributed by atoms with Crippen LogP contribution in [0.2, 0.25) is 0 Å². The summed E-state index contributed by atoms with van der Waals surface area (Å²) in [5.74, 6) is 1.57. The number of fused-ring (bicyclic) bond motifs is 1. The van der Waals surface area contributed by atoms with Crippen LogP contribution >= 0.6 is 15.9 Å². The van der Waals surface area contributed by atoms with Crippen molar-refractivity contribution in [3.63, 3.8) is 0 Å². The Hall–Kier alpha value is -1.07. The van der Waals surface area contributed by atoms with E-state index in [4.69, 9.17) is 4.74 Å². The van der Waals surface area contributed by atoms with E-state index in [0.29, 0.717) is 12.5 Å². The molecule has 0 saturated carbocycles. The molecule has 2 heterocycles. The van der Waals surface area contributed by atoms with Gasteiger partial charge in [0.15, 0.2) is 0 Å². The lowest BCUT2D eigenvalue weighted by atomic mass is 9.97. The molecule has 1 amide bonds. The fourth-order valence-corrected chi connectivity index (χ4v) is 3.50. The Morgan fingerprint density at radius 3 is 3.10 bits per heavy atom. The second-order valence-electron chi connectivity index (χ2n) is 5.61. The van der Waals surface area contributed by atoms with E-state index >= 15 is 0 Å². The van der Waals surface area contributed by atoms with Crippen molar-refractivity contribution >= 4 is 21.8 Å². The van der Waals surface area contributed by atoms with Gasteiger partial charge in [-0.3, -0.25) is 4.79 Å². The third-order valence-electron chi connectivity index (χ3n) is 4.13. The van der Waals surface area contributed by atoms with Crippen LogP contribution in [0.5, 0.6) is 5.75 Å². The summed E-state index contributed by atoms with van der Waals surface area (Å²) in [7, 11) is 0. The van der Waals surface area contributed by atoms with E-state index in [0.717, 1.165) is 41.9 Å². The minimum Gasteiger partial charge on any atom is -0.493 e. The maximum absolute atomic E-state index is 12.2. The summed E-state index contributed by atoms with van der Waals surface area (Å²) in [6.45, 7) is 5.08. The van der Waals surface area contributed by atoms with Crippen LogP contribution in [0.4, 0.5) is 0 Å². The monoisotopic (exact) mass is 338 g/mol. The maximum Gasteiger partial charge on any atom is 0.224 e. The number of benzene rings is 1. The summed E-state index contributed by atoms with van der Waals surface area (Å²) in [4.78, 5) is 12.2. The normalized spacial score (nSPS) is 24.3. The molecule has 4 nitrogen and oxygen atoms in total. The Kier molecular flexibility index (Phi) is 3.98. The summed E-state index contributed by atoms with van der Waals surface area (Å²) in [6, 6.07) is 4.12. The number of carbonyl (C=O) groups is 1. The lowest BCUT2D eigenvalue weighted by Gasteiger charge is -2.15. The second-order valence-corrected chi connectivity index (χ2v) is 6.53. The summed E-state index contributed by atoms with van der Waals surface area (Å²) in [5, 5.41) is 6.31. The number of rotatable bonds is 3. The van der Waals surface area contributed by atoms with Gasteiger partial charge in [0.1, 0.15) is 5.75 Å². The molecule has 1 fully saturated rings. The van der Waals surface area contributed by atoms with Crippen molar-refractivity contribution in [3.05, 3.63) is 27.7 Å². The number of amides is 1. The summed E-state index contributed by atoms with van der Waals surface area (Å²) >= 11 is 3.52. The number of carbonyl (C=O) groups excluding carboxylic acids is 1. The molecular formula is C15H19BrN2O2. The first-order valence-electron chi connectivity index (χ1n) is 7.07. The van der Waals surface area contributed by atoms with Gasteiger partial charge in [-0.25, -0.2) is 0 Å². The molecule has 0 bridgehead atoms. The molecule has 1 aromatic carbocycles. The van der Waals surface area contributed by atoms with E-state index in [2.05, 4.69) is 39.6 Å². The predicted octanol–water partition coefficient (Wildman–Crippen LogP) is 1.86. The first-order valence-corrected chi connectivity index (χ1v) is 7.87. The average Bonchev–Trinajstić information content (AvgIpc) is 3.03. The van der Waals surface area contributed by atoms with Gasteiger partial charge in [-0.2, -0.15) is 0 Å². The minimum absolute atomic E-state index is 0.0797. The van der Waals surface area contributed by atoms with Gasteiger partial charge in [0.25, 0.3) is 0 Å². The highest BCUT2D eigenvalue weighted by Gasteiger charge is 2.29. The average molecular weight is 339 g/mol. The molecule has 0 spiro atoms. The molecule has 0 radical (unpaired) electrons. The Morgan fingerprint density at radius 1 is 1.50 bits per heavy atom. The SMILES string of the molecule is C[C@@H]1CNC[C@H]1C(=O)NCc1cc(Br)cc2c1OCC2. The second kappa shape index (κ2) is 5.74. The Bertz CT molecular complexity index is 533. The molecule has 0 unspecified atom stereocenters. The van der Waals surface area contributed by atoms with E-state index in [-0.39, 0.29) is 11.8 Å². The van der Waals surface area contributed by atoms with Crippen molar-refractivity contribution in [3.8, 4) is 5.75 Å². The van der Waals surface area contributed by atoms with Crippen LogP contribution in [0.3, 0.4) is 0 Å². The van der Waals surface area contributed by atoms with Crippen LogP contribution in [0.15, 0.2) is 16.6 Å². The highest BCUT2D eigenvalue weighted by atomic mass is 79.9. The molecule has 2 aliphatic rings. The number of nitrogens with one attached hydrogen (secondary N) is 2. The van der Waals surface area contributed by atoms with Gasteiger partial charge in [0, 0.05) is 29.5 Å². The van der Waals surface area contributed by atoms with E-state index in [1.807, 2.05) is 6.07 Å². The van der Waals surface area contributed by atoms with E-state index in [9.17, 15) is 4.79 Å². The van der Waals surface area contributed by atoms with Crippen LogP contribution < -0.4 is 15.4 Å². The number of ether oxygens (including phenoxy) is 1. The molecule has 2 aliphatic heterocycles. The Balaban J connectivity index is 1.68. The van der Waals surface area contributed by atoms with Gasteiger partial charge >= 0.3 is 0 Å². The van der Waals surface area contributed by atoms with Gasteiger partial charge in [-0.1, -0.05) is 22.9 Å². The van der Waals surface area contributed by atoms with Gasteiger partial charge < -0.3 is 15.4 Å². The first kappa shape index (κ1) is 13.9. The van der Waals surface area contributed by atoms with Crippen LogP contribution in [0.25, 0.3) is 0 Å². The molecule has 0 aliphatic carbocycles. The molecule has 5 heteroatoms. The fourth-order valence-electron chi connectivity index (χ4n) is 2.95. The summed E-state index contributed by atoms with van der Waals surface area (Å²) < 4.78 is 6.72. The van der Waals surface area contributed by atoms with Crippen molar-refractivity contribution in [1.82, 2.24) is 10.6 Å². The van der Waals surface area contributed by atoms with Crippen molar-refractivity contribution < 1.29 is 9.53 Å². The van der Waals surface area contributed by atoms with E-state index in [1.54, 1.807) is 0 Å². The van der Waals surface area contributed by atoms with Crippen molar-refractivity contribution in [2.75, 3.05) is 19.7 Å². The molecule has 2 atom stereocenters. The molecule has 2 N–H and O–H groups in total. The summed E-state index contributed by atoms with van der Waals surface area (Å²) in [5.41, 5.74) is 2.28. The number of hydrogen-bond acceptors (Lipinski definition) is 3. The standard InChI is InChI=1S/C15H19BrN2O2/c1-9-6-17-8-13(9)15(19)18-7-11-5-12(16)4-10-2-3-20-14(10)11/h4-5,9,13,17H,2-3,6-8H2,1H3,(H,18,19)/t9-,13-/m1/s1. The Morgan fingerprint density at radius 2 is 2.35 bits per heavy atom. The topological polar surface area (TPSA) is 50.4 Å². The third-order valence-corrected chi connectivity index (χ3v) is 4.59. The molecule has 1 aromatic rings. The highest BCUT2D eigenvalue weighted by Crippen LogP contribution is 2.33. The van der Waals surface area contributed by atoms with Crippen LogP contribution in [0.1, 0.15) is 18.1 Å². The fraction of sp³-hybridized carbons (Fsp3) is 0.533. The molecule has 1 saturated heterocycles. The summed E-state index contributed by atoms with van der Waals surface area (Å²) in [6.07, 6.45) is 0.944. The van der Waals surface area contributed by atoms with Crippen LogP contribution in [-0.4, -0.2) is 25.6 Å². The van der Waals surface area contributed by atoms with Crippen LogP contribution in [0, 0.1) is 11.8 Å². The van der Waals surface area contributed by atoms with E-state index in [1.165, 1.54) is 5.56 Å². The zero-order chi connectivity index (χ0) is 14.1. The molecule has 3 rings (SSSR count). The number of halogens is 1. The predicted molar refractivity (Wildman–Crippen MR) is 80.7 cm³/mol. The lowest BCUT2D eigenvalue weighted by molar-refractivity contribution is -0.125. The number of hydrogen-bond donors (Lipinski definition) is 2. The largest absolute Gasteiger partial charge is 0.493 e. The molecular weight excluding hydrogens is 320 g/mol. The lowest BCUT2D eigenvalue weighted by Crippen LogP contribution is -2.34. The van der Waals surface area contributed by atoms with Crippen LogP contribution in [-0.2, 0) is 17.8 Å². The van der Waals surface area contributed by atoms with Gasteiger partial charge in [-0.05, 0) is 30.2 Å². The maximum atomic E-state index is 12.2. The molecule has 108 valence electrons. The van der Waals surface area contributed by atoms with Crippen molar-refractivity contribution in [2.24, 2.45) is 11.8 Å². The first-order chi connectivity index (χ1) is 9.65. The zero-order valence-electron chi connectivity index (χ0n) is 11.5. The van der Waals surface area contributed by atoms with Gasteiger partial charge in [-0.15, -0.1) is 0 Å². The Labute approximate surface area is 127 Å². The quantitative estimate of drug-likeness (QED) is 0.884.